The lowest BCUT2D eigenvalue weighted by molar-refractivity contribution is -0.913. The topological polar surface area (TPSA) is 64.1 Å². The van der Waals surface area contributed by atoms with E-state index in [2.05, 4.69) is 0 Å². The Bertz CT molecular complexity index is 1160. The molecule has 0 atom stereocenters. The molecule has 0 unspecified atom stereocenters. The van der Waals surface area contributed by atoms with Gasteiger partial charge < -0.3 is 19.2 Å². The maximum atomic E-state index is 13.9. The van der Waals surface area contributed by atoms with Crippen LogP contribution in [0.1, 0.15) is 42.6 Å². The van der Waals surface area contributed by atoms with E-state index in [-0.39, 0.29) is 34.6 Å². The van der Waals surface area contributed by atoms with Crippen LogP contribution in [0.4, 0.5) is 13.2 Å². The van der Waals surface area contributed by atoms with Gasteiger partial charge >= 0.3 is 6.18 Å². The molecule has 2 N–H and O–H groups in total. The van der Waals surface area contributed by atoms with Crippen molar-refractivity contribution < 1.29 is 32.3 Å². The van der Waals surface area contributed by atoms with Gasteiger partial charge in [0.25, 0.3) is 5.76 Å². The summed E-state index contributed by atoms with van der Waals surface area (Å²) in [5.74, 6) is -2.50. The van der Waals surface area contributed by atoms with Crippen LogP contribution in [0.3, 0.4) is 0 Å². The zero-order chi connectivity index (χ0) is 22.9. The number of aryl methyl sites for hydroxylation is 1. The maximum Gasteiger partial charge on any atom is 0.453 e. The quantitative estimate of drug-likeness (QED) is 0.614. The molecule has 0 bridgehead atoms. The van der Waals surface area contributed by atoms with Gasteiger partial charge in [0, 0.05) is 0 Å². The van der Waals surface area contributed by atoms with Crippen LogP contribution in [0.5, 0.6) is 17.2 Å². The number of rotatable bonds is 4. The van der Waals surface area contributed by atoms with E-state index in [9.17, 15) is 23.1 Å². The molecule has 8 heteroatoms. The number of halogens is 3. The third kappa shape index (κ3) is 4.60. The molecule has 170 valence electrons. The minimum Gasteiger partial charge on any atom is -0.507 e. The Labute approximate surface area is 183 Å². The molecule has 1 aromatic heterocycles. The second-order valence-electron chi connectivity index (χ2n) is 8.28. The number of alkyl halides is 3. The normalized spacial score (nSPS) is 15.6. The molecule has 1 aliphatic rings. The van der Waals surface area contributed by atoms with Crippen LogP contribution in [-0.2, 0) is 12.7 Å². The first-order valence-corrected chi connectivity index (χ1v) is 10.7. The summed E-state index contributed by atoms with van der Waals surface area (Å²) >= 11 is 0. The number of likely N-dealkylation sites (tertiary alicyclic amines) is 1. The van der Waals surface area contributed by atoms with Gasteiger partial charge in [-0.15, -0.1) is 0 Å². The molecular formula is C24H25F3NO4+. The van der Waals surface area contributed by atoms with E-state index in [1.54, 1.807) is 12.1 Å². The minimum atomic E-state index is -4.95. The zero-order valence-corrected chi connectivity index (χ0v) is 17.7. The fourth-order valence-corrected chi connectivity index (χ4v) is 4.12. The highest BCUT2D eigenvalue weighted by molar-refractivity contribution is 5.83. The first-order valence-electron chi connectivity index (χ1n) is 10.7. The third-order valence-corrected chi connectivity index (χ3v) is 5.83. The van der Waals surface area contributed by atoms with Crippen molar-refractivity contribution in [2.45, 2.75) is 45.3 Å². The van der Waals surface area contributed by atoms with Crippen molar-refractivity contribution in [2.24, 2.45) is 0 Å². The fourth-order valence-electron chi connectivity index (χ4n) is 4.12. The highest BCUT2D eigenvalue weighted by atomic mass is 19.4. The molecule has 0 saturated carbocycles. The van der Waals surface area contributed by atoms with E-state index in [1.807, 2.05) is 6.92 Å². The van der Waals surface area contributed by atoms with Gasteiger partial charge in [-0.05, 0) is 56.9 Å². The molecule has 0 aliphatic carbocycles. The first kappa shape index (κ1) is 22.2. The van der Waals surface area contributed by atoms with E-state index in [4.69, 9.17) is 9.15 Å². The summed E-state index contributed by atoms with van der Waals surface area (Å²) in [6.07, 6.45) is -0.720. The summed E-state index contributed by atoms with van der Waals surface area (Å²) in [5, 5.41) is 10.4. The number of aromatic hydroxyl groups is 1. The molecule has 1 aliphatic heterocycles. The summed E-state index contributed by atoms with van der Waals surface area (Å²) in [4.78, 5) is 14.2. The van der Waals surface area contributed by atoms with Crippen LogP contribution in [0, 0.1) is 6.92 Å². The number of fused-ring (bicyclic) bond motifs is 1. The van der Waals surface area contributed by atoms with Crippen molar-refractivity contribution >= 4 is 11.0 Å². The molecule has 1 saturated heterocycles. The number of quaternary nitrogens is 1. The van der Waals surface area contributed by atoms with Crippen LogP contribution in [0.25, 0.3) is 11.0 Å². The molecule has 3 aromatic rings. The minimum absolute atomic E-state index is 0.0536. The second kappa shape index (κ2) is 8.86. The van der Waals surface area contributed by atoms with Crippen LogP contribution in [-0.4, -0.2) is 18.2 Å². The molecule has 2 heterocycles. The van der Waals surface area contributed by atoms with Crippen molar-refractivity contribution in [1.29, 1.82) is 0 Å². The van der Waals surface area contributed by atoms with Gasteiger partial charge in [0.2, 0.25) is 11.2 Å². The van der Waals surface area contributed by atoms with Gasteiger partial charge in [-0.1, -0.05) is 17.7 Å². The number of phenols is 1. The molecule has 2 aromatic carbocycles. The molecule has 4 rings (SSSR count). The lowest BCUT2D eigenvalue weighted by Gasteiger charge is -2.19. The number of ether oxygens (including phenoxy) is 1. The Morgan fingerprint density at radius 2 is 1.69 bits per heavy atom. The Balaban J connectivity index is 1.85. The number of hydrogen-bond donors (Lipinski definition) is 2. The van der Waals surface area contributed by atoms with Gasteiger partial charge in [-0.2, -0.15) is 13.2 Å². The highest BCUT2D eigenvalue weighted by Crippen LogP contribution is 2.39. The van der Waals surface area contributed by atoms with Gasteiger partial charge in [0.05, 0.1) is 24.0 Å². The highest BCUT2D eigenvalue weighted by Gasteiger charge is 2.41. The van der Waals surface area contributed by atoms with E-state index < -0.39 is 23.1 Å². The molecule has 32 heavy (non-hydrogen) atoms. The maximum absolute atomic E-state index is 13.9. The van der Waals surface area contributed by atoms with Crippen molar-refractivity contribution in [3.05, 3.63) is 63.5 Å². The molecule has 5 nitrogen and oxygen atoms in total. The van der Waals surface area contributed by atoms with Gasteiger partial charge in [0.15, 0.2) is 5.58 Å². The van der Waals surface area contributed by atoms with E-state index in [0.29, 0.717) is 0 Å². The van der Waals surface area contributed by atoms with Gasteiger partial charge in [0.1, 0.15) is 18.0 Å². The van der Waals surface area contributed by atoms with Crippen molar-refractivity contribution in [1.82, 2.24) is 0 Å². The van der Waals surface area contributed by atoms with E-state index in [1.165, 1.54) is 24.3 Å². The van der Waals surface area contributed by atoms with Crippen molar-refractivity contribution in [3.63, 3.8) is 0 Å². The standard InChI is InChI=1S/C24H24F3NO4/c1-15-6-8-16(9-7-15)31-22-20(30)17-10-11-19(29)18(14-28-12-4-2-3-5-13-28)21(17)32-23(22)24(25,26)27/h6-11,29H,2-5,12-14H2,1H3/p+1. The monoisotopic (exact) mass is 448 g/mol. The second-order valence-corrected chi connectivity index (χ2v) is 8.28. The SMILES string of the molecule is Cc1ccc(Oc2c(C(F)(F)F)oc3c(C[NH+]4CCCCCC4)c(O)ccc3c2=O)cc1. The summed E-state index contributed by atoms with van der Waals surface area (Å²) in [6, 6.07) is 8.93. The molecule has 1 fully saturated rings. The Hall–Kier alpha value is -3.00. The third-order valence-electron chi connectivity index (χ3n) is 5.83. The Morgan fingerprint density at radius 1 is 1.03 bits per heavy atom. The molecule has 0 amide bonds. The predicted molar refractivity (Wildman–Crippen MR) is 113 cm³/mol. The molecule has 0 spiro atoms. The number of phenolic OH excluding ortho intramolecular Hbond substituents is 1. The van der Waals surface area contributed by atoms with Crippen LogP contribution in [0.15, 0.2) is 45.6 Å². The summed E-state index contributed by atoms with van der Waals surface area (Å²) in [5.41, 5.74) is -0.0550. The average molecular weight is 448 g/mol. The number of benzene rings is 2. The van der Waals surface area contributed by atoms with Crippen LogP contribution < -0.4 is 15.1 Å². The van der Waals surface area contributed by atoms with E-state index in [0.717, 1.165) is 49.2 Å². The number of hydrogen-bond acceptors (Lipinski definition) is 4. The fraction of sp³-hybridized carbons (Fsp3) is 0.375. The smallest absolute Gasteiger partial charge is 0.453 e. The van der Waals surface area contributed by atoms with E-state index >= 15 is 0 Å². The Kier molecular flexibility index (Phi) is 6.15. The number of nitrogens with one attached hydrogen (secondary N) is 1. The average Bonchev–Trinajstić information content (AvgIpc) is 3.01. The summed E-state index contributed by atoms with van der Waals surface area (Å²) in [7, 11) is 0. The summed E-state index contributed by atoms with van der Waals surface area (Å²) < 4.78 is 52.3. The molecule has 0 radical (unpaired) electrons. The van der Waals surface area contributed by atoms with Crippen LogP contribution >= 0.6 is 0 Å². The lowest BCUT2D eigenvalue weighted by atomic mass is 10.1. The first-order chi connectivity index (χ1) is 15.2. The Morgan fingerprint density at radius 3 is 2.31 bits per heavy atom. The lowest BCUT2D eigenvalue weighted by Crippen LogP contribution is -3.10. The van der Waals surface area contributed by atoms with Gasteiger partial charge in [-0.3, -0.25) is 4.79 Å². The summed E-state index contributed by atoms with van der Waals surface area (Å²) in [6.45, 7) is 3.80. The zero-order valence-electron chi connectivity index (χ0n) is 17.7. The largest absolute Gasteiger partial charge is 0.507 e. The van der Waals surface area contributed by atoms with Crippen molar-refractivity contribution in [2.75, 3.05) is 13.1 Å². The van der Waals surface area contributed by atoms with Crippen LogP contribution in [0.2, 0.25) is 0 Å². The van der Waals surface area contributed by atoms with Crippen molar-refractivity contribution in [3.8, 4) is 17.2 Å². The van der Waals surface area contributed by atoms with Gasteiger partial charge in [-0.25, -0.2) is 0 Å². The predicted octanol–water partition coefficient (Wildman–Crippen LogP) is 4.58. The molecular weight excluding hydrogens is 423 g/mol.